The molecule has 4 aromatic rings. The summed E-state index contributed by atoms with van der Waals surface area (Å²) in [4.78, 5) is 25.3. The van der Waals surface area contributed by atoms with E-state index in [2.05, 4.69) is 10.6 Å². The average molecular weight is 443 g/mol. The van der Waals surface area contributed by atoms with Gasteiger partial charge in [-0.15, -0.1) is 0 Å². The Morgan fingerprint density at radius 2 is 1.56 bits per heavy atom. The lowest BCUT2D eigenvalue weighted by Gasteiger charge is -2.11. The SMILES string of the molecule is O=C(Cc1cccc2ccccc12)Nc1cc(C(=O)NCCc2ccccc2)ccc1Cl. The van der Waals surface area contributed by atoms with E-state index in [-0.39, 0.29) is 18.2 Å². The summed E-state index contributed by atoms with van der Waals surface area (Å²) in [5.74, 6) is -0.396. The quantitative estimate of drug-likeness (QED) is 0.388. The Balaban J connectivity index is 1.40. The number of amides is 2. The Morgan fingerprint density at radius 1 is 0.812 bits per heavy atom. The first-order valence-electron chi connectivity index (χ1n) is 10.5. The molecule has 4 nitrogen and oxygen atoms in total. The number of carbonyl (C=O) groups excluding carboxylic acids is 2. The van der Waals surface area contributed by atoms with Gasteiger partial charge in [-0.25, -0.2) is 0 Å². The molecule has 160 valence electrons. The van der Waals surface area contributed by atoms with E-state index in [1.165, 1.54) is 0 Å². The maximum absolute atomic E-state index is 12.7. The Kier molecular flexibility index (Phi) is 6.83. The molecule has 0 radical (unpaired) electrons. The van der Waals surface area contributed by atoms with Gasteiger partial charge in [0.05, 0.1) is 17.1 Å². The molecule has 0 atom stereocenters. The lowest BCUT2D eigenvalue weighted by atomic mass is 10.0. The van der Waals surface area contributed by atoms with Crippen LogP contribution in [0.25, 0.3) is 10.8 Å². The monoisotopic (exact) mass is 442 g/mol. The molecule has 5 heteroatoms. The number of fused-ring (bicyclic) bond motifs is 1. The normalized spacial score (nSPS) is 10.7. The van der Waals surface area contributed by atoms with E-state index in [0.717, 1.165) is 28.3 Å². The van der Waals surface area contributed by atoms with Crippen molar-refractivity contribution in [3.8, 4) is 0 Å². The standard InChI is InChI=1S/C27H23ClN2O2/c28-24-14-13-22(27(32)29-16-15-19-7-2-1-3-8-19)17-25(24)30-26(31)18-21-11-6-10-20-9-4-5-12-23(20)21/h1-14,17H,15-16,18H2,(H,29,32)(H,30,31). The minimum Gasteiger partial charge on any atom is -0.352 e. The van der Waals surface area contributed by atoms with Crippen molar-refractivity contribution in [3.05, 3.63) is 113 Å². The highest BCUT2D eigenvalue weighted by Crippen LogP contribution is 2.24. The van der Waals surface area contributed by atoms with E-state index in [1.54, 1.807) is 18.2 Å². The summed E-state index contributed by atoms with van der Waals surface area (Å²) in [6.45, 7) is 0.522. The zero-order chi connectivity index (χ0) is 22.3. The summed E-state index contributed by atoms with van der Waals surface area (Å²) in [5.41, 5.74) is 2.97. The zero-order valence-corrected chi connectivity index (χ0v) is 18.2. The van der Waals surface area contributed by atoms with Gasteiger partial charge in [0.1, 0.15) is 0 Å². The molecule has 0 fully saturated rings. The van der Waals surface area contributed by atoms with Gasteiger partial charge in [0, 0.05) is 12.1 Å². The summed E-state index contributed by atoms with van der Waals surface area (Å²) in [6, 6.07) is 28.7. The van der Waals surface area contributed by atoms with Crippen molar-refractivity contribution in [2.24, 2.45) is 0 Å². The van der Waals surface area contributed by atoms with Crippen molar-refractivity contribution in [1.82, 2.24) is 5.32 Å². The fraction of sp³-hybridized carbons (Fsp3) is 0.111. The highest BCUT2D eigenvalue weighted by molar-refractivity contribution is 6.34. The van der Waals surface area contributed by atoms with Gasteiger partial charge in [0.15, 0.2) is 0 Å². The van der Waals surface area contributed by atoms with Gasteiger partial charge in [0.2, 0.25) is 5.91 Å². The summed E-state index contributed by atoms with van der Waals surface area (Å²) in [7, 11) is 0. The van der Waals surface area contributed by atoms with Crippen LogP contribution in [0.2, 0.25) is 5.02 Å². The van der Waals surface area contributed by atoms with Crippen LogP contribution in [0.1, 0.15) is 21.5 Å². The summed E-state index contributed by atoms with van der Waals surface area (Å²) >= 11 is 6.28. The molecule has 0 saturated carbocycles. The Bertz CT molecular complexity index is 1250. The van der Waals surface area contributed by atoms with E-state index >= 15 is 0 Å². The van der Waals surface area contributed by atoms with Crippen LogP contribution in [-0.2, 0) is 17.6 Å². The maximum Gasteiger partial charge on any atom is 0.251 e. The number of halogens is 1. The van der Waals surface area contributed by atoms with Gasteiger partial charge in [-0.2, -0.15) is 0 Å². The minimum absolute atomic E-state index is 0.190. The predicted molar refractivity (Wildman–Crippen MR) is 130 cm³/mol. The van der Waals surface area contributed by atoms with Gasteiger partial charge in [0.25, 0.3) is 5.91 Å². The van der Waals surface area contributed by atoms with Crippen molar-refractivity contribution in [3.63, 3.8) is 0 Å². The average Bonchev–Trinajstić information content (AvgIpc) is 2.81. The van der Waals surface area contributed by atoms with E-state index < -0.39 is 0 Å². The number of rotatable bonds is 7. The van der Waals surface area contributed by atoms with Gasteiger partial charge in [-0.1, -0.05) is 84.4 Å². The second-order valence-electron chi connectivity index (χ2n) is 7.55. The van der Waals surface area contributed by atoms with Crippen LogP contribution >= 0.6 is 11.6 Å². The molecular weight excluding hydrogens is 420 g/mol. The van der Waals surface area contributed by atoms with Crippen LogP contribution in [0.5, 0.6) is 0 Å². The molecule has 0 aromatic heterocycles. The lowest BCUT2D eigenvalue weighted by Crippen LogP contribution is -2.26. The first-order chi connectivity index (χ1) is 15.6. The van der Waals surface area contributed by atoms with Crippen LogP contribution in [-0.4, -0.2) is 18.4 Å². The van der Waals surface area contributed by atoms with Gasteiger partial charge >= 0.3 is 0 Å². The molecule has 32 heavy (non-hydrogen) atoms. The zero-order valence-electron chi connectivity index (χ0n) is 17.5. The van der Waals surface area contributed by atoms with Crippen molar-refractivity contribution in [1.29, 1.82) is 0 Å². The molecule has 0 aliphatic heterocycles. The van der Waals surface area contributed by atoms with Crippen molar-refractivity contribution >= 4 is 39.9 Å². The first kappa shape index (κ1) is 21.6. The first-order valence-corrected chi connectivity index (χ1v) is 10.9. The summed E-state index contributed by atoms with van der Waals surface area (Å²) in [6.07, 6.45) is 0.958. The highest BCUT2D eigenvalue weighted by atomic mass is 35.5. The number of hydrogen-bond donors (Lipinski definition) is 2. The van der Waals surface area contributed by atoms with Crippen LogP contribution in [0.3, 0.4) is 0 Å². The molecule has 0 aliphatic carbocycles. The number of hydrogen-bond acceptors (Lipinski definition) is 2. The van der Waals surface area contributed by atoms with Gasteiger partial charge in [-0.05, 0) is 46.5 Å². The van der Waals surface area contributed by atoms with Crippen LogP contribution in [0, 0.1) is 0 Å². The molecular formula is C27H23ClN2O2. The Hall–Kier alpha value is -3.63. The third-order valence-corrected chi connectivity index (χ3v) is 5.61. The Labute approximate surface area is 192 Å². The Morgan fingerprint density at radius 3 is 2.41 bits per heavy atom. The third-order valence-electron chi connectivity index (χ3n) is 5.28. The molecule has 0 unspecified atom stereocenters. The topological polar surface area (TPSA) is 58.2 Å². The number of nitrogens with one attached hydrogen (secondary N) is 2. The second-order valence-corrected chi connectivity index (χ2v) is 7.96. The van der Waals surface area contributed by atoms with E-state index in [1.807, 2.05) is 72.8 Å². The molecule has 2 amide bonds. The van der Waals surface area contributed by atoms with Crippen LogP contribution in [0.15, 0.2) is 91.0 Å². The lowest BCUT2D eigenvalue weighted by molar-refractivity contribution is -0.115. The van der Waals surface area contributed by atoms with Crippen molar-refractivity contribution < 1.29 is 9.59 Å². The fourth-order valence-electron chi connectivity index (χ4n) is 3.64. The number of carbonyl (C=O) groups is 2. The molecule has 4 rings (SSSR count). The minimum atomic E-state index is -0.206. The number of benzene rings is 4. The molecule has 0 saturated heterocycles. The largest absolute Gasteiger partial charge is 0.352 e. The summed E-state index contributed by atoms with van der Waals surface area (Å²) in [5, 5.41) is 8.28. The highest BCUT2D eigenvalue weighted by Gasteiger charge is 2.12. The maximum atomic E-state index is 12.7. The number of anilines is 1. The fourth-order valence-corrected chi connectivity index (χ4v) is 3.81. The molecule has 0 bridgehead atoms. The molecule has 4 aromatic carbocycles. The predicted octanol–water partition coefficient (Wildman–Crippen LogP) is 5.65. The van der Waals surface area contributed by atoms with Crippen molar-refractivity contribution in [2.45, 2.75) is 12.8 Å². The molecule has 0 heterocycles. The van der Waals surface area contributed by atoms with Crippen molar-refractivity contribution in [2.75, 3.05) is 11.9 Å². The van der Waals surface area contributed by atoms with E-state index in [4.69, 9.17) is 11.6 Å². The van der Waals surface area contributed by atoms with Crippen LogP contribution < -0.4 is 10.6 Å². The van der Waals surface area contributed by atoms with Gasteiger partial charge < -0.3 is 10.6 Å². The second kappa shape index (κ2) is 10.1. The molecule has 0 aliphatic rings. The van der Waals surface area contributed by atoms with E-state index in [9.17, 15) is 9.59 Å². The van der Waals surface area contributed by atoms with E-state index in [0.29, 0.717) is 22.8 Å². The molecule has 0 spiro atoms. The third kappa shape index (κ3) is 5.34. The smallest absolute Gasteiger partial charge is 0.251 e. The van der Waals surface area contributed by atoms with Gasteiger partial charge in [-0.3, -0.25) is 9.59 Å². The van der Waals surface area contributed by atoms with Crippen LogP contribution in [0.4, 0.5) is 5.69 Å². The summed E-state index contributed by atoms with van der Waals surface area (Å²) < 4.78 is 0. The molecule has 2 N–H and O–H groups in total.